The first-order chi connectivity index (χ1) is 10.2. The van der Waals surface area contributed by atoms with Crippen LogP contribution in [-0.2, 0) is 10.5 Å². The quantitative estimate of drug-likeness (QED) is 0.880. The van der Waals surface area contributed by atoms with Gasteiger partial charge in [0.05, 0.1) is 18.6 Å². The molecule has 110 valence electrons. The molecule has 0 aliphatic heterocycles. The highest BCUT2D eigenvalue weighted by atomic mass is 32.2. The number of amides is 1. The Balaban J connectivity index is 1.86. The van der Waals surface area contributed by atoms with Crippen LogP contribution in [0.5, 0.6) is 5.75 Å². The van der Waals surface area contributed by atoms with Gasteiger partial charge in [-0.25, -0.2) is 0 Å². The molecule has 0 bridgehead atoms. The number of carbonyl (C=O) groups excluding carboxylic acids is 1. The molecular weight excluding hydrogens is 282 g/mol. The molecule has 1 amide bonds. The van der Waals surface area contributed by atoms with E-state index < -0.39 is 0 Å². The van der Waals surface area contributed by atoms with Gasteiger partial charge in [0, 0.05) is 5.75 Å². The summed E-state index contributed by atoms with van der Waals surface area (Å²) in [5.41, 5.74) is 3.04. The lowest BCUT2D eigenvalue weighted by Gasteiger charge is -2.11. The number of hydrogen-bond donors (Lipinski definition) is 1. The van der Waals surface area contributed by atoms with Crippen molar-refractivity contribution in [2.75, 3.05) is 18.2 Å². The molecule has 0 radical (unpaired) electrons. The van der Waals surface area contributed by atoms with Gasteiger partial charge in [-0.3, -0.25) is 4.79 Å². The zero-order valence-electron chi connectivity index (χ0n) is 12.3. The molecule has 2 aromatic rings. The Morgan fingerprint density at radius 2 is 1.95 bits per heavy atom. The second kappa shape index (κ2) is 7.74. The summed E-state index contributed by atoms with van der Waals surface area (Å²) in [7, 11) is 1.60. The third kappa shape index (κ3) is 4.83. The fourth-order valence-electron chi connectivity index (χ4n) is 1.94. The molecular formula is C17H19NO2S. The van der Waals surface area contributed by atoms with Gasteiger partial charge in [0.1, 0.15) is 5.75 Å². The monoisotopic (exact) mass is 301 g/mol. The predicted molar refractivity (Wildman–Crippen MR) is 89.0 cm³/mol. The normalized spacial score (nSPS) is 10.2. The molecule has 0 atom stereocenters. The second-order valence-corrected chi connectivity index (χ2v) is 5.72. The molecule has 0 aromatic heterocycles. The Kier molecular flexibility index (Phi) is 5.69. The molecule has 4 heteroatoms. The van der Waals surface area contributed by atoms with Gasteiger partial charge in [-0.2, -0.15) is 0 Å². The third-order valence-corrected chi connectivity index (χ3v) is 3.98. The van der Waals surface area contributed by atoms with E-state index >= 15 is 0 Å². The Morgan fingerprint density at radius 1 is 1.19 bits per heavy atom. The van der Waals surface area contributed by atoms with Crippen molar-refractivity contribution in [3.8, 4) is 5.75 Å². The molecule has 2 aromatic carbocycles. The summed E-state index contributed by atoms with van der Waals surface area (Å²) in [5.74, 6) is 1.92. The van der Waals surface area contributed by atoms with Crippen molar-refractivity contribution in [1.29, 1.82) is 0 Å². The van der Waals surface area contributed by atoms with Gasteiger partial charge in [0.2, 0.25) is 5.91 Å². The number of aryl methyl sites for hydroxylation is 1. The molecule has 0 aliphatic rings. The van der Waals surface area contributed by atoms with E-state index in [2.05, 4.69) is 17.4 Å². The first-order valence-corrected chi connectivity index (χ1v) is 7.90. The summed E-state index contributed by atoms with van der Waals surface area (Å²) in [4.78, 5) is 12.0. The summed E-state index contributed by atoms with van der Waals surface area (Å²) < 4.78 is 5.25. The molecule has 0 saturated carbocycles. The van der Waals surface area contributed by atoms with Gasteiger partial charge in [-0.1, -0.05) is 36.4 Å². The molecule has 0 saturated heterocycles. The molecule has 0 fully saturated rings. The molecule has 3 nitrogen and oxygen atoms in total. The Bertz CT molecular complexity index is 599. The van der Waals surface area contributed by atoms with Crippen LogP contribution in [0.25, 0.3) is 0 Å². The van der Waals surface area contributed by atoms with Crippen LogP contribution >= 0.6 is 11.8 Å². The van der Waals surface area contributed by atoms with Gasteiger partial charge < -0.3 is 10.1 Å². The fourth-order valence-corrected chi connectivity index (χ4v) is 2.73. The molecule has 21 heavy (non-hydrogen) atoms. The number of anilines is 1. The Hall–Kier alpha value is -1.94. The van der Waals surface area contributed by atoms with E-state index in [4.69, 9.17) is 4.74 Å². The molecule has 0 aliphatic carbocycles. The number of thioether (sulfide) groups is 1. The van der Waals surface area contributed by atoms with E-state index in [0.29, 0.717) is 11.5 Å². The van der Waals surface area contributed by atoms with Gasteiger partial charge in [0.25, 0.3) is 0 Å². The van der Waals surface area contributed by atoms with Crippen molar-refractivity contribution < 1.29 is 9.53 Å². The molecule has 1 N–H and O–H groups in total. The number of rotatable bonds is 6. The number of benzene rings is 2. The SMILES string of the molecule is COc1ccc(C)cc1NC(=O)CSCc1ccccc1. The Morgan fingerprint density at radius 3 is 2.67 bits per heavy atom. The van der Waals surface area contributed by atoms with Crippen LogP contribution in [-0.4, -0.2) is 18.8 Å². The van der Waals surface area contributed by atoms with E-state index in [-0.39, 0.29) is 5.91 Å². The van der Waals surface area contributed by atoms with E-state index in [1.807, 2.05) is 43.3 Å². The van der Waals surface area contributed by atoms with Gasteiger partial charge >= 0.3 is 0 Å². The van der Waals surface area contributed by atoms with Crippen LogP contribution in [0, 0.1) is 6.92 Å². The van der Waals surface area contributed by atoms with Crippen molar-refractivity contribution in [1.82, 2.24) is 0 Å². The summed E-state index contributed by atoms with van der Waals surface area (Å²) in [6, 6.07) is 15.9. The maximum atomic E-state index is 12.0. The number of nitrogens with one attached hydrogen (secondary N) is 1. The lowest BCUT2D eigenvalue weighted by molar-refractivity contribution is -0.113. The van der Waals surface area contributed by atoms with E-state index in [1.54, 1.807) is 18.9 Å². The number of ether oxygens (including phenoxy) is 1. The van der Waals surface area contributed by atoms with E-state index in [1.165, 1.54) is 5.56 Å². The third-order valence-electron chi connectivity index (χ3n) is 2.97. The summed E-state index contributed by atoms with van der Waals surface area (Å²) >= 11 is 1.60. The first-order valence-electron chi connectivity index (χ1n) is 6.75. The van der Waals surface area contributed by atoms with Crippen molar-refractivity contribution in [2.45, 2.75) is 12.7 Å². The zero-order valence-corrected chi connectivity index (χ0v) is 13.1. The van der Waals surface area contributed by atoms with Crippen LogP contribution in [0.4, 0.5) is 5.69 Å². The smallest absolute Gasteiger partial charge is 0.234 e. The van der Waals surface area contributed by atoms with E-state index in [9.17, 15) is 4.79 Å². The van der Waals surface area contributed by atoms with Gasteiger partial charge in [-0.05, 0) is 30.2 Å². The zero-order chi connectivity index (χ0) is 15.1. The summed E-state index contributed by atoms with van der Waals surface area (Å²) in [6.07, 6.45) is 0. The highest BCUT2D eigenvalue weighted by molar-refractivity contribution is 7.99. The van der Waals surface area contributed by atoms with Gasteiger partial charge in [-0.15, -0.1) is 11.8 Å². The number of hydrogen-bond acceptors (Lipinski definition) is 3. The molecule has 0 heterocycles. The van der Waals surface area contributed by atoms with Crippen LogP contribution in [0.2, 0.25) is 0 Å². The van der Waals surface area contributed by atoms with Crippen molar-refractivity contribution in [3.63, 3.8) is 0 Å². The first kappa shape index (κ1) is 15.4. The largest absolute Gasteiger partial charge is 0.495 e. The summed E-state index contributed by atoms with van der Waals surface area (Å²) in [6.45, 7) is 1.99. The molecule has 0 spiro atoms. The van der Waals surface area contributed by atoms with Crippen molar-refractivity contribution in [2.24, 2.45) is 0 Å². The summed E-state index contributed by atoms with van der Waals surface area (Å²) in [5, 5.41) is 2.90. The minimum absolute atomic E-state index is 0.0140. The number of methoxy groups -OCH3 is 1. The number of carbonyl (C=O) groups is 1. The minimum atomic E-state index is -0.0140. The molecule has 2 rings (SSSR count). The van der Waals surface area contributed by atoms with Crippen LogP contribution in [0.1, 0.15) is 11.1 Å². The highest BCUT2D eigenvalue weighted by Gasteiger charge is 2.08. The van der Waals surface area contributed by atoms with Crippen molar-refractivity contribution >= 4 is 23.4 Å². The van der Waals surface area contributed by atoms with Crippen LogP contribution < -0.4 is 10.1 Å². The standard InChI is InChI=1S/C17H19NO2S/c1-13-8-9-16(20-2)15(10-13)18-17(19)12-21-11-14-6-4-3-5-7-14/h3-10H,11-12H2,1-2H3,(H,18,19). The Labute approximate surface area is 129 Å². The van der Waals surface area contributed by atoms with Gasteiger partial charge in [0.15, 0.2) is 0 Å². The predicted octanol–water partition coefficient (Wildman–Crippen LogP) is 3.88. The van der Waals surface area contributed by atoms with Crippen LogP contribution in [0.15, 0.2) is 48.5 Å². The maximum absolute atomic E-state index is 12.0. The minimum Gasteiger partial charge on any atom is -0.495 e. The average Bonchev–Trinajstić information content (AvgIpc) is 2.48. The maximum Gasteiger partial charge on any atom is 0.234 e. The lowest BCUT2D eigenvalue weighted by atomic mass is 10.2. The molecule has 0 unspecified atom stereocenters. The van der Waals surface area contributed by atoms with E-state index in [0.717, 1.165) is 17.0 Å². The van der Waals surface area contributed by atoms with Crippen LogP contribution in [0.3, 0.4) is 0 Å². The fraction of sp³-hybridized carbons (Fsp3) is 0.235. The average molecular weight is 301 g/mol. The second-order valence-electron chi connectivity index (χ2n) is 4.73. The highest BCUT2D eigenvalue weighted by Crippen LogP contribution is 2.25. The topological polar surface area (TPSA) is 38.3 Å². The lowest BCUT2D eigenvalue weighted by Crippen LogP contribution is -2.15. The van der Waals surface area contributed by atoms with Crippen molar-refractivity contribution in [3.05, 3.63) is 59.7 Å².